The predicted octanol–water partition coefficient (Wildman–Crippen LogP) is 2.40. The maximum absolute atomic E-state index is 5.77. The van der Waals surface area contributed by atoms with Crippen LogP contribution in [-0.2, 0) is 0 Å². The van der Waals surface area contributed by atoms with E-state index in [1.54, 1.807) is 6.20 Å². The maximum Gasteiger partial charge on any atom is 0.222 e. The monoisotopic (exact) mass is 321 g/mol. The second-order valence-corrected chi connectivity index (χ2v) is 6.04. The maximum atomic E-state index is 5.77. The second kappa shape index (κ2) is 5.92. The Balaban J connectivity index is 1.43. The number of nitrogens with two attached hydrogens (primary N) is 1. The summed E-state index contributed by atoms with van der Waals surface area (Å²) in [5, 5.41) is 6.46. The van der Waals surface area contributed by atoms with Crippen molar-refractivity contribution in [2.24, 2.45) is 0 Å². The fourth-order valence-electron chi connectivity index (χ4n) is 3.04. The van der Waals surface area contributed by atoms with Crippen molar-refractivity contribution in [3.05, 3.63) is 42.2 Å². The molecule has 3 aromatic rings. The Labute approximate surface area is 139 Å². The van der Waals surface area contributed by atoms with Crippen molar-refractivity contribution in [1.29, 1.82) is 0 Å². The van der Waals surface area contributed by atoms with Crippen molar-refractivity contribution in [2.45, 2.75) is 24.8 Å². The molecule has 0 saturated heterocycles. The summed E-state index contributed by atoms with van der Waals surface area (Å²) in [6.07, 6.45) is 3.78. The van der Waals surface area contributed by atoms with Crippen LogP contribution < -0.4 is 16.4 Å². The second-order valence-electron chi connectivity index (χ2n) is 6.04. The van der Waals surface area contributed by atoms with Crippen LogP contribution in [0.15, 0.2) is 36.5 Å². The highest BCUT2D eigenvalue weighted by Crippen LogP contribution is 2.38. The summed E-state index contributed by atoms with van der Waals surface area (Å²) < 4.78 is 0. The minimum atomic E-state index is 0.314. The first-order valence-corrected chi connectivity index (χ1v) is 8.02. The molecule has 0 atom stereocenters. The smallest absolute Gasteiger partial charge is 0.222 e. The van der Waals surface area contributed by atoms with Gasteiger partial charge in [0.05, 0.1) is 22.9 Å². The van der Waals surface area contributed by atoms with Gasteiger partial charge in [0.2, 0.25) is 5.95 Å². The average molecular weight is 321 g/mol. The van der Waals surface area contributed by atoms with E-state index in [9.17, 15) is 0 Å². The van der Waals surface area contributed by atoms with Gasteiger partial charge in [0.15, 0.2) is 0 Å². The van der Waals surface area contributed by atoms with Gasteiger partial charge < -0.3 is 16.4 Å². The molecule has 7 nitrogen and oxygen atoms in total. The third-order valence-corrected chi connectivity index (χ3v) is 4.38. The van der Waals surface area contributed by atoms with Crippen LogP contribution in [0.4, 0.5) is 17.6 Å². The number of para-hydroxylation sites is 2. The van der Waals surface area contributed by atoms with Crippen molar-refractivity contribution >= 4 is 28.6 Å². The topological polar surface area (TPSA) is 102 Å². The van der Waals surface area contributed by atoms with Crippen molar-refractivity contribution < 1.29 is 0 Å². The molecule has 1 aliphatic carbocycles. The van der Waals surface area contributed by atoms with Crippen LogP contribution >= 0.6 is 0 Å². The normalized spacial score (nSPS) is 19.7. The van der Waals surface area contributed by atoms with Gasteiger partial charge in [-0.3, -0.25) is 4.98 Å². The minimum Gasteiger partial charge on any atom is -0.373 e. The molecular formula is C17H19N7. The summed E-state index contributed by atoms with van der Waals surface area (Å²) in [5.74, 6) is 2.28. The lowest BCUT2D eigenvalue weighted by molar-refractivity contribution is 0.366. The molecule has 24 heavy (non-hydrogen) atoms. The first-order chi connectivity index (χ1) is 11.7. The van der Waals surface area contributed by atoms with Gasteiger partial charge in [-0.1, -0.05) is 12.1 Å². The Morgan fingerprint density at radius 2 is 1.83 bits per heavy atom. The van der Waals surface area contributed by atoms with Gasteiger partial charge >= 0.3 is 0 Å². The predicted molar refractivity (Wildman–Crippen MR) is 94.9 cm³/mol. The summed E-state index contributed by atoms with van der Waals surface area (Å²) in [6.45, 7) is 0. The largest absolute Gasteiger partial charge is 0.373 e. The standard InChI is InChI=1S/C17H19N7/c1-19-15-8-14(23-17(18)24-15)10-6-11(7-10)21-16-9-20-12-4-2-3-5-13(12)22-16/h2-5,8-11H,6-7H2,1H3,(H,21,22)(H3,18,19,23,24). The van der Waals surface area contributed by atoms with Crippen LogP contribution in [-0.4, -0.2) is 33.0 Å². The minimum absolute atomic E-state index is 0.314. The summed E-state index contributed by atoms with van der Waals surface area (Å²) >= 11 is 0. The van der Waals surface area contributed by atoms with Crippen molar-refractivity contribution in [3.63, 3.8) is 0 Å². The van der Waals surface area contributed by atoms with Crippen LogP contribution in [0.2, 0.25) is 0 Å². The molecule has 0 aliphatic heterocycles. The van der Waals surface area contributed by atoms with Crippen LogP contribution in [0, 0.1) is 0 Å². The molecule has 1 saturated carbocycles. The summed E-state index contributed by atoms with van der Waals surface area (Å²) in [4.78, 5) is 17.5. The van der Waals surface area contributed by atoms with Gasteiger partial charge in [0.1, 0.15) is 11.6 Å². The SMILES string of the molecule is CNc1cc(C2CC(Nc3cnc4ccccc4n3)C2)nc(N)n1. The molecule has 122 valence electrons. The lowest BCUT2D eigenvalue weighted by Gasteiger charge is -2.35. The Kier molecular flexibility index (Phi) is 3.60. The Morgan fingerprint density at radius 1 is 1.04 bits per heavy atom. The van der Waals surface area contributed by atoms with Crippen molar-refractivity contribution in [3.8, 4) is 0 Å². The van der Waals surface area contributed by atoms with Crippen LogP contribution in [0.5, 0.6) is 0 Å². The third kappa shape index (κ3) is 2.80. The Morgan fingerprint density at radius 3 is 2.62 bits per heavy atom. The van der Waals surface area contributed by atoms with Crippen LogP contribution in [0.25, 0.3) is 11.0 Å². The molecule has 0 bridgehead atoms. The van der Waals surface area contributed by atoms with Crippen LogP contribution in [0.1, 0.15) is 24.5 Å². The molecule has 0 amide bonds. The van der Waals surface area contributed by atoms with Crippen molar-refractivity contribution in [1.82, 2.24) is 19.9 Å². The summed E-state index contributed by atoms with van der Waals surface area (Å²) in [7, 11) is 1.83. The van der Waals surface area contributed by atoms with E-state index >= 15 is 0 Å². The zero-order valence-electron chi connectivity index (χ0n) is 13.4. The highest BCUT2D eigenvalue weighted by Gasteiger charge is 2.32. The van der Waals surface area contributed by atoms with E-state index in [0.29, 0.717) is 17.9 Å². The number of fused-ring (bicyclic) bond motifs is 1. The van der Waals surface area contributed by atoms with E-state index in [2.05, 4.69) is 30.6 Å². The summed E-state index contributed by atoms with van der Waals surface area (Å²) in [5.41, 5.74) is 8.57. The van der Waals surface area contributed by atoms with E-state index in [4.69, 9.17) is 5.73 Å². The number of anilines is 3. The quantitative estimate of drug-likeness (QED) is 0.678. The average Bonchev–Trinajstić information content (AvgIpc) is 2.57. The van der Waals surface area contributed by atoms with E-state index in [1.807, 2.05) is 37.4 Å². The number of hydrogen-bond donors (Lipinski definition) is 3. The molecule has 0 unspecified atom stereocenters. The first-order valence-electron chi connectivity index (χ1n) is 8.02. The lowest BCUT2D eigenvalue weighted by atomic mass is 9.78. The van der Waals surface area contributed by atoms with Gasteiger partial charge in [-0.2, -0.15) is 4.98 Å². The number of hydrogen-bond acceptors (Lipinski definition) is 7. The number of nitrogens with one attached hydrogen (secondary N) is 2. The molecule has 2 heterocycles. The molecule has 4 N–H and O–H groups in total. The Bertz CT molecular complexity index is 874. The third-order valence-electron chi connectivity index (χ3n) is 4.38. The molecule has 0 radical (unpaired) electrons. The van der Waals surface area contributed by atoms with E-state index in [0.717, 1.165) is 41.2 Å². The van der Waals surface area contributed by atoms with Gasteiger partial charge in [-0.05, 0) is 25.0 Å². The zero-order valence-corrected chi connectivity index (χ0v) is 13.4. The van der Waals surface area contributed by atoms with Crippen molar-refractivity contribution in [2.75, 3.05) is 23.4 Å². The van der Waals surface area contributed by atoms with E-state index in [1.165, 1.54) is 0 Å². The molecule has 1 aromatic carbocycles. The highest BCUT2D eigenvalue weighted by atomic mass is 15.1. The number of rotatable bonds is 4. The lowest BCUT2D eigenvalue weighted by Crippen LogP contribution is -2.35. The fourth-order valence-corrected chi connectivity index (χ4v) is 3.04. The first kappa shape index (κ1) is 14.6. The van der Waals surface area contributed by atoms with Gasteiger partial charge in [-0.25, -0.2) is 9.97 Å². The zero-order chi connectivity index (χ0) is 16.5. The molecule has 7 heteroatoms. The van der Waals surface area contributed by atoms with E-state index < -0.39 is 0 Å². The Hall–Kier alpha value is -2.96. The molecule has 1 fully saturated rings. The van der Waals surface area contributed by atoms with Gasteiger partial charge in [0.25, 0.3) is 0 Å². The molecule has 4 rings (SSSR count). The highest BCUT2D eigenvalue weighted by molar-refractivity contribution is 5.75. The van der Waals surface area contributed by atoms with Crippen LogP contribution in [0.3, 0.4) is 0 Å². The number of nitrogens with zero attached hydrogens (tertiary/aromatic N) is 4. The molecule has 0 spiro atoms. The summed E-state index contributed by atoms with van der Waals surface area (Å²) in [6, 6.07) is 10.2. The molecular weight excluding hydrogens is 302 g/mol. The number of aromatic nitrogens is 4. The molecule has 2 aromatic heterocycles. The number of nitrogen functional groups attached to an aromatic ring is 1. The van der Waals surface area contributed by atoms with E-state index in [-0.39, 0.29) is 0 Å². The van der Waals surface area contributed by atoms with Gasteiger partial charge in [-0.15, -0.1) is 0 Å². The number of benzene rings is 1. The molecule has 1 aliphatic rings. The van der Waals surface area contributed by atoms with Gasteiger partial charge in [0, 0.05) is 25.1 Å². The fraction of sp³-hybridized carbons (Fsp3) is 0.294.